The number of hydrogen-bond acceptors (Lipinski definition) is 4. The lowest BCUT2D eigenvalue weighted by atomic mass is 10.2. The van der Waals surface area contributed by atoms with Gasteiger partial charge in [0.1, 0.15) is 6.54 Å². The predicted octanol–water partition coefficient (Wildman–Crippen LogP) is 0.952. The molecule has 0 saturated heterocycles. The molecule has 2 N–H and O–H groups in total. The molecular weight excluding hydrogens is 276 g/mol. The molecule has 0 aromatic carbocycles. The van der Waals surface area contributed by atoms with Gasteiger partial charge in [0.15, 0.2) is 0 Å². The Morgan fingerprint density at radius 2 is 2.05 bits per heavy atom. The third-order valence-electron chi connectivity index (χ3n) is 2.68. The highest BCUT2D eigenvalue weighted by atomic mass is 32.1. The number of hydrazine groups is 1. The van der Waals surface area contributed by atoms with Crippen molar-refractivity contribution in [1.82, 2.24) is 20.6 Å². The van der Waals surface area contributed by atoms with Crippen molar-refractivity contribution in [2.24, 2.45) is 0 Å². The van der Waals surface area contributed by atoms with E-state index in [2.05, 4.69) is 16.0 Å². The van der Waals surface area contributed by atoms with Crippen molar-refractivity contribution in [3.8, 4) is 0 Å². The van der Waals surface area contributed by atoms with E-state index in [1.165, 1.54) is 11.3 Å². The zero-order chi connectivity index (χ0) is 14.5. The number of thiophene rings is 1. The van der Waals surface area contributed by atoms with E-state index < -0.39 is 0 Å². The molecule has 0 atom stereocenters. The highest BCUT2D eigenvalue weighted by Gasteiger charge is 2.09. The van der Waals surface area contributed by atoms with Crippen LogP contribution in [-0.4, -0.2) is 21.6 Å². The monoisotopic (exact) mass is 292 g/mol. The second-order valence-electron chi connectivity index (χ2n) is 4.49. The minimum Gasteiger partial charge on any atom is -0.273 e. The molecule has 2 rings (SSSR count). The maximum absolute atomic E-state index is 11.7. The van der Waals surface area contributed by atoms with Crippen LogP contribution >= 0.6 is 11.3 Å². The maximum atomic E-state index is 11.7. The normalized spacial score (nSPS) is 10.3. The number of aromatic nitrogens is 2. The first-order valence-electron chi connectivity index (χ1n) is 6.14. The van der Waals surface area contributed by atoms with Gasteiger partial charge in [0.25, 0.3) is 5.91 Å². The first-order chi connectivity index (χ1) is 9.54. The van der Waals surface area contributed by atoms with Crippen LogP contribution in [0.1, 0.15) is 17.0 Å². The molecule has 0 unspecified atom stereocenters. The number of nitrogens with one attached hydrogen (secondary N) is 2. The van der Waals surface area contributed by atoms with Crippen LogP contribution in [0.5, 0.6) is 0 Å². The molecule has 0 aliphatic carbocycles. The molecule has 2 heterocycles. The van der Waals surface area contributed by atoms with Gasteiger partial charge in [-0.3, -0.25) is 25.1 Å². The maximum Gasteiger partial charge on any atom is 0.260 e. The lowest BCUT2D eigenvalue weighted by Gasteiger charge is -2.08. The van der Waals surface area contributed by atoms with E-state index in [0.29, 0.717) is 0 Å². The van der Waals surface area contributed by atoms with Crippen LogP contribution in [0, 0.1) is 13.8 Å². The van der Waals surface area contributed by atoms with Gasteiger partial charge in [0.2, 0.25) is 5.91 Å². The van der Waals surface area contributed by atoms with Crippen molar-refractivity contribution in [1.29, 1.82) is 0 Å². The van der Waals surface area contributed by atoms with Crippen molar-refractivity contribution < 1.29 is 9.59 Å². The van der Waals surface area contributed by atoms with Crippen LogP contribution in [0.3, 0.4) is 0 Å². The van der Waals surface area contributed by atoms with Crippen LogP contribution < -0.4 is 10.9 Å². The zero-order valence-corrected chi connectivity index (χ0v) is 12.2. The van der Waals surface area contributed by atoms with Crippen LogP contribution in [-0.2, 0) is 22.6 Å². The SMILES string of the molecule is Cc1cc(C)n(CC(=O)NNC(=O)Cc2ccsc2)n1. The Bertz CT molecular complexity index is 604. The number of nitrogens with zero attached hydrogens (tertiary/aromatic N) is 2. The van der Waals surface area contributed by atoms with Gasteiger partial charge in [-0.2, -0.15) is 16.4 Å². The quantitative estimate of drug-likeness (QED) is 0.824. The fourth-order valence-electron chi connectivity index (χ4n) is 1.77. The van der Waals surface area contributed by atoms with Crippen molar-refractivity contribution in [2.45, 2.75) is 26.8 Å². The van der Waals surface area contributed by atoms with Gasteiger partial charge in [-0.25, -0.2) is 0 Å². The van der Waals surface area contributed by atoms with Gasteiger partial charge in [0, 0.05) is 5.69 Å². The lowest BCUT2D eigenvalue weighted by molar-refractivity contribution is -0.129. The summed E-state index contributed by atoms with van der Waals surface area (Å²) < 4.78 is 1.59. The number of amides is 2. The van der Waals surface area contributed by atoms with Gasteiger partial charge >= 0.3 is 0 Å². The summed E-state index contributed by atoms with van der Waals surface area (Å²) >= 11 is 1.53. The fourth-order valence-corrected chi connectivity index (χ4v) is 2.44. The standard InChI is InChI=1S/C13H16N4O2S/c1-9-5-10(2)17(16-9)7-13(19)15-14-12(18)6-11-3-4-20-8-11/h3-5,8H,6-7H2,1-2H3,(H,14,18)(H,15,19). The second kappa shape index (κ2) is 6.33. The molecule has 20 heavy (non-hydrogen) atoms. The zero-order valence-electron chi connectivity index (χ0n) is 11.3. The van der Waals surface area contributed by atoms with Gasteiger partial charge in [-0.1, -0.05) is 0 Å². The Hall–Kier alpha value is -2.15. The molecule has 106 valence electrons. The average molecular weight is 292 g/mol. The first-order valence-corrected chi connectivity index (χ1v) is 7.08. The van der Waals surface area contributed by atoms with Gasteiger partial charge in [-0.15, -0.1) is 0 Å². The van der Waals surface area contributed by atoms with Crippen molar-refractivity contribution >= 4 is 23.2 Å². The number of carbonyl (C=O) groups is 2. The molecule has 0 bridgehead atoms. The molecule has 0 spiro atoms. The molecule has 0 aliphatic rings. The van der Waals surface area contributed by atoms with E-state index >= 15 is 0 Å². The molecule has 7 heteroatoms. The van der Waals surface area contributed by atoms with Gasteiger partial charge in [0.05, 0.1) is 12.1 Å². The summed E-state index contributed by atoms with van der Waals surface area (Å²) in [5.74, 6) is -0.556. The molecule has 0 fully saturated rings. The van der Waals surface area contributed by atoms with Crippen LogP contribution in [0.2, 0.25) is 0 Å². The Morgan fingerprint density at radius 3 is 2.65 bits per heavy atom. The molecule has 2 aromatic heterocycles. The Balaban J connectivity index is 1.77. The number of rotatable bonds is 4. The minimum atomic E-state index is -0.310. The minimum absolute atomic E-state index is 0.0818. The molecule has 0 radical (unpaired) electrons. The van der Waals surface area contributed by atoms with Crippen LogP contribution in [0.25, 0.3) is 0 Å². The topological polar surface area (TPSA) is 76.0 Å². The van der Waals surface area contributed by atoms with E-state index in [-0.39, 0.29) is 24.8 Å². The third kappa shape index (κ3) is 3.92. The molecule has 0 saturated carbocycles. The predicted molar refractivity (Wildman–Crippen MR) is 76.0 cm³/mol. The largest absolute Gasteiger partial charge is 0.273 e. The third-order valence-corrected chi connectivity index (χ3v) is 3.41. The fraction of sp³-hybridized carbons (Fsp3) is 0.308. The lowest BCUT2D eigenvalue weighted by Crippen LogP contribution is -2.44. The summed E-state index contributed by atoms with van der Waals surface area (Å²) in [5, 5.41) is 7.99. The number of carbonyl (C=O) groups excluding carboxylic acids is 2. The summed E-state index contributed by atoms with van der Waals surface area (Å²) in [6.45, 7) is 3.82. The van der Waals surface area contributed by atoms with E-state index in [4.69, 9.17) is 0 Å². The summed E-state index contributed by atoms with van der Waals surface area (Å²) in [4.78, 5) is 23.3. The summed E-state index contributed by atoms with van der Waals surface area (Å²) in [6.07, 6.45) is 0.254. The first kappa shape index (κ1) is 14.3. The average Bonchev–Trinajstić information content (AvgIpc) is 2.98. The molecular formula is C13H16N4O2S. The molecule has 0 aliphatic heterocycles. The molecule has 2 amide bonds. The number of hydrogen-bond donors (Lipinski definition) is 2. The number of aryl methyl sites for hydroxylation is 2. The van der Waals surface area contributed by atoms with Crippen LogP contribution in [0.15, 0.2) is 22.9 Å². The Morgan fingerprint density at radius 1 is 1.30 bits per heavy atom. The van der Waals surface area contributed by atoms with Crippen LogP contribution in [0.4, 0.5) is 0 Å². The Kier molecular flexibility index (Phi) is 4.52. The van der Waals surface area contributed by atoms with Crippen molar-refractivity contribution in [3.05, 3.63) is 39.8 Å². The van der Waals surface area contributed by atoms with Crippen molar-refractivity contribution in [3.63, 3.8) is 0 Å². The van der Waals surface area contributed by atoms with E-state index in [9.17, 15) is 9.59 Å². The molecule has 6 nitrogen and oxygen atoms in total. The highest BCUT2D eigenvalue weighted by Crippen LogP contribution is 2.06. The molecule has 2 aromatic rings. The second-order valence-corrected chi connectivity index (χ2v) is 5.27. The van der Waals surface area contributed by atoms with Crippen molar-refractivity contribution in [2.75, 3.05) is 0 Å². The van der Waals surface area contributed by atoms with Gasteiger partial charge < -0.3 is 0 Å². The highest BCUT2D eigenvalue weighted by molar-refractivity contribution is 7.07. The van der Waals surface area contributed by atoms with E-state index in [0.717, 1.165) is 17.0 Å². The Labute approximate surface area is 120 Å². The van der Waals surface area contributed by atoms with E-state index in [1.807, 2.05) is 36.7 Å². The smallest absolute Gasteiger partial charge is 0.260 e. The summed E-state index contributed by atoms with van der Waals surface area (Å²) in [7, 11) is 0. The van der Waals surface area contributed by atoms with Gasteiger partial charge in [-0.05, 0) is 42.3 Å². The summed E-state index contributed by atoms with van der Waals surface area (Å²) in [5.41, 5.74) is 7.47. The van der Waals surface area contributed by atoms with E-state index in [1.54, 1.807) is 4.68 Å². The summed E-state index contributed by atoms with van der Waals surface area (Å²) in [6, 6.07) is 3.77.